The highest BCUT2D eigenvalue weighted by Gasteiger charge is 2.08. The Bertz CT molecular complexity index is 595. The van der Waals surface area contributed by atoms with Crippen molar-refractivity contribution in [1.29, 1.82) is 0 Å². The molecule has 2 aromatic rings. The third-order valence-electron chi connectivity index (χ3n) is 3.22. The van der Waals surface area contributed by atoms with E-state index in [0.29, 0.717) is 6.42 Å². The van der Waals surface area contributed by atoms with Crippen molar-refractivity contribution in [3.8, 4) is 0 Å². The average Bonchev–Trinajstić information content (AvgIpc) is 2.93. The first-order valence-corrected chi connectivity index (χ1v) is 8.32. The lowest BCUT2D eigenvalue weighted by Crippen LogP contribution is -2.17. The molecule has 0 aliphatic carbocycles. The maximum absolute atomic E-state index is 11.2. The van der Waals surface area contributed by atoms with E-state index in [2.05, 4.69) is 51.1 Å². The van der Waals surface area contributed by atoms with Gasteiger partial charge in [0.05, 0.1) is 13.5 Å². The Morgan fingerprint density at radius 2 is 1.90 bits per heavy atom. The minimum Gasteiger partial charge on any atom is -0.469 e. The number of esters is 1. The number of hydrogen-bond acceptors (Lipinski definition) is 4. The Hall–Kier alpha value is -1.17. The second-order valence-electron chi connectivity index (χ2n) is 4.78. The van der Waals surface area contributed by atoms with Crippen LogP contribution in [0, 0.1) is 0 Å². The molecule has 0 aliphatic heterocycles. The second-order valence-corrected chi connectivity index (χ2v) is 6.94. The van der Waals surface area contributed by atoms with Gasteiger partial charge in [-0.1, -0.05) is 28.1 Å². The maximum Gasteiger partial charge on any atom is 0.310 e. The molecule has 0 spiro atoms. The summed E-state index contributed by atoms with van der Waals surface area (Å²) in [5, 5.41) is 3.49. The van der Waals surface area contributed by atoms with Crippen LogP contribution < -0.4 is 5.32 Å². The van der Waals surface area contributed by atoms with Gasteiger partial charge in [-0.15, -0.1) is 11.3 Å². The molecule has 2 rings (SSSR count). The van der Waals surface area contributed by atoms with Gasteiger partial charge >= 0.3 is 5.97 Å². The maximum atomic E-state index is 11.2. The van der Waals surface area contributed by atoms with Gasteiger partial charge in [0.2, 0.25) is 0 Å². The summed E-state index contributed by atoms with van der Waals surface area (Å²) in [6.45, 7) is 2.94. The molecule has 0 aliphatic rings. The summed E-state index contributed by atoms with van der Waals surface area (Å²) in [5.74, 6) is -0.195. The molecule has 112 valence electrons. The molecule has 1 aromatic heterocycles. The molecule has 0 amide bonds. The molecule has 0 unspecified atom stereocenters. The smallest absolute Gasteiger partial charge is 0.310 e. The van der Waals surface area contributed by atoms with Crippen LogP contribution in [0.5, 0.6) is 0 Å². The molecule has 1 N–H and O–H groups in total. The van der Waals surface area contributed by atoms with Gasteiger partial charge in [-0.3, -0.25) is 4.79 Å². The van der Waals surface area contributed by atoms with E-state index in [1.54, 1.807) is 11.3 Å². The standard InChI is InChI=1S/C16H18BrNO2S/c1-11(12-3-5-13(17)6-4-12)18-10-15-8-7-14(21-15)9-16(19)20-2/h3-8,11,18H,9-10H2,1-2H3/t11-/m1/s1. The van der Waals surface area contributed by atoms with Crippen LogP contribution in [-0.4, -0.2) is 13.1 Å². The predicted molar refractivity (Wildman–Crippen MR) is 89.4 cm³/mol. The zero-order chi connectivity index (χ0) is 15.2. The Morgan fingerprint density at radius 3 is 2.57 bits per heavy atom. The van der Waals surface area contributed by atoms with Crippen molar-refractivity contribution < 1.29 is 9.53 Å². The minimum absolute atomic E-state index is 0.195. The van der Waals surface area contributed by atoms with Crippen LogP contribution in [0.2, 0.25) is 0 Å². The van der Waals surface area contributed by atoms with E-state index in [-0.39, 0.29) is 12.0 Å². The molecule has 0 bridgehead atoms. The molecule has 1 aromatic carbocycles. The molecule has 5 heteroatoms. The minimum atomic E-state index is -0.195. The van der Waals surface area contributed by atoms with E-state index >= 15 is 0 Å². The lowest BCUT2D eigenvalue weighted by Gasteiger charge is -2.13. The first kappa shape index (κ1) is 16.2. The van der Waals surface area contributed by atoms with E-state index < -0.39 is 0 Å². The lowest BCUT2D eigenvalue weighted by molar-refractivity contribution is -0.139. The third kappa shape index (κ3) is 4.95. The van der Waals surface area contributed by atoms with Crippen molar-refractivity contribution in [1.82, 2.24) is 5.32 Å². The molecule has 1 atom stereocenters. The monoisotopic (exact) mass is 367 g/mol. The van der Waals surface area contributed by atoms with Crippen molar-refractivity contribution in [2.24, 2.45) is 0 Å². The van der Waals surface area contributed by atoms with Gasteiger partial charge in [0.15, 0.2) is 0 Å². The van der Waals surface area contributed by atoms with Crippen LogP contribution in [0.4, 0.5) is 0 Å². The van der Waals surface area contributed by atoms with E-state index in [1.807, 2.05) is 18.2 Å². The van der Waals surface area contributed by atoms with E-state index in [1.165, 1.54) is 17.6 Å². The summed E-state index contributed by atoms with van der Waals surface area (Å²) in [4.78, 5) is 13.5. The Morgan fingerprint density at radius 1 is 1.24 bits per heavy atom. The van der Waals surface area contributed by atoms with Crippen LogP contribution >= 0.6 is 27.3 Å². The highest BCUT2D eigenvalue weighted by molar-refractivity contribution is 9.10. The summed E-state index contributed by atoms with van der Waals surface area (Å²) in [6.07, 6.45) is 0.351. The highest BCUT2D eigenvalue weighted by Crippen LogP contribution is 2.20. The van der Waals surface area contributed by atoms with Crippen molar-refractivity contribution in [2.45, 2.75) is 25.9 Å². The lowest BCUT2D eigenvalue weighted by atomic mass is 10.1. The number of nitrogens with one attached hydrogen (secondary N) is 1. The fraction of sp³-hybridized carbons (Fsp3) is 0.312. The van der Waals surface area contributed by atoms with Crippen LogP contribution in [0.1, 0.15) is 28.3 Å². The molecule has 3 nitrogen and oxygen atoms in total. The van der Waals surface area contributed by atoms with E-state index in [0.717, 1.165) is 15.9 Å². The van der Waals surface area contributed by atoms with Gasteiger partial charge in [-0.05, 0) is 36.8 Å². The van der Waals surface area contributed by atoms with E-state index in [4.69, 9.17) is 0 Å². The number of rotatable bonds is 6. The van der Waals surface area contributed by atoms with Crippen molar-refractivity contribution in [3.05, 3.63) is 56.2 Å². The molecule has 0 saturated carbocycles. The first-order valence-electron chi connectivity index (χ1n) is 6.71. The Labute approximate surface area is 137 Å². The van der Waals surface area contributed by atoms with Gasteiger partial charge in [0, 0.05) is 26.8 Å². The molecule has 0 radical (unpaired) electrons. The van der Waals surface area contributed by atoms with Crippen LogP contribution in [0.25, 0.3) is 0 Å². The summed E-state index contributed by atoms with van der Waals surface area (Å²) in [7, 11) is 1.41. The summed E-state index contributed by atoms with van der Waals surface area (Å²) >= 11 is 5.09. The Kier molecular flexibility index (Phi) is 5.96. The number of thiophene rings is 1. The van der Waals surface area contributed by atoms with Gasteiger partial charge in [-0.25, -0.2) is 0 Å². The fourth-order valence-electron chi connectivity index (χ4n) is 1.95. The zero-order valence-corrected chi connectivity index (χ0v) is 14.5. The second kappa shape index (κ2) is 7.73. The molecule has 0 fully saturated rings. The molecular formula is C16H18BrNO2S. The number of halogens is 1. The van der Waals surface area contributed by atoms with Gasteiger partial charge in [-0.2, -0.15) is 0 Å². The van der Waals surface area contributed by atoms with E-state index in [9.17, 15) is 4.79 Å². The number of carbonyl (C=O) groups excluding carboxylic acids is 1. The van der Waals surface area contributed by atoms with Gasteiger partial charge < -0.3 is 10.1 Å². The average molecular weight is 368 g/mol. The van der Waals surface area contributed by atoms with Crippen LogP contribution in [-0.2, 0) is 22.5 Å². The predicted octanol–water partition coefficient (Wildman–Crippen LogP) is 4.08. The number of methoxy groups -OCH3 is 1. The molecule has 0 saturated heterocycles. The zero-order valence-electron chi connectivity index (χ0n) is 12.1. The normalized spacial score (nSPS) is 12.1. The number of ether oxygens (including phenoxy) is 1. The SMILES string of the molecule is COC(=O)Cc1ccc(CN[C@H](C)c2ccc(Br)cc2)s1. The van der Waals surface area contributed by atoms with Gasteiger partial charge in [0.25, 0.3) is 0 Å². The number of benzene rings is 1. The van der Waals surface area contributed by atoms with Crippen LogP contribution in [0.15, 0.2) is 40.9 Å². The third-order valence-corrected chi connectivity index (χ3v) is 4.83. The fourth-order valence-corrected chi connectivity index (χ4v) is 3.17. The van der Waals surface area contributed by atoms with Crippen molar-refractivity contribution in [3.63, 3.8) is 0 Å². The number of carbonyl (C=O) groups is 1. The highest BCUT2D eigenvalue weighted by atomic mass is 79.9. The Balaban J connectivity index is 1.88. The quantitative estimate of drug-likeness (QED) is 0.781. The summed E-state index contributed by atoms with van der Waals surface area (Å²) < 4.78 is 5.76. The summed E-state index contributed by atoms with van der Waals surface area (Å²) in [6, 6.07) is 12.6. The molecular weight excluding hydrogens is 350 g/mol. The van der Waals surface area contributed by atoms with Gasteiger partial charge in [0.1, 0.15) is 0 Å². The number of hydrogen-bond donors (Lipinski definition) is 1. The topological polar surface area (TPSA) is 38.3 Å². The molecule has 21 heavy (non-hydrogen) atoms. The largest absolute Gasteiger partial charge is 0.469 e. The van der Waals surface area contributed by atoms with Crippen molar-refractivity contribution in [2.75, 3.05) is 7.11 Å². The van der Waals surface area contributed by atoms with Crippen LogP contribution in [0.3, 0.4) is 0 Å². The summed E-state index contributed by atoms with van der Waals surface area (Å²) in [5.41, 5.74) is 1.25. The first-order chi connectivity index (χ1) is 10.1. The molecule has 1 heterocycles. The van der Waals surface area contributed by atoms with Crippen molar-refractivity contribution >= 4 is 33.2 Å².